The number of nitrogens with one attached hydrogen (secondary N) is 1. The number of carbonyl (C=O) groups is 2. The lowest BCUT2D eigenvalue weighted by Crippen LogP contribution is -2.54. The minimum atomic E-state index is -4.19. The van der Waals surface area contributed by atoms with E-state index in [2.05, 4.69) is 5.32 Å². The smallest absolute Gasteiger partial charge is 0.264 e. The molecular weight excluding hydrogens is 629 g/mol. The van der Waals surface area contributed by atoms with Crippen molar-refractivity contribution in [3.63, 3.8) is 0 Å². The van der Waals surface area contributed by atoms with Crippen molar-refractivity contribution in [3.8, 4) is 0 Å². The van der Waals surface area contributed by atoms with Crippen LogP contribution in [-0.2, 0) is 32.6 Å². The van der Waals surface area contributed by atoms with Gasteiger partial charge < -0.3 is 10.2 Å². The molecule has 7 nitrogen and oxygen atoms in total. The van der Waals surface area contributed by atoms with Crippen LogP contribution in [0.15, 0.2) is 102 Å². The lowest BCUT2D eigenvalue weighted by Gasteiger charge is -2.34. The van der Waals surface area contributed by atoms with E-state index in [1.54, 1.807) is 55.5 Å². The predicted molar refractivity (Wildman–Crippen MR) is 181 cm³/mol. The Hall–Kier alpha value is -3.85. The van der Waals surface area contributed by atoms with Gasteiger partial charge in [0.2, 0.25) is 11.8 Å². The fourth-order valence-corrected chi connectivity index (χ4v) is 7.05. The average molecular weight is 667 g/mol. The molecule has 45 heavy (non-hydrogen) atoms. The van der Waals surface area contributed by atoms with Gasteiger partial charge in [-0.2, -0.15) is 0 Å². The number of aryl methyl sites for hydroxylation is 2. The van der Waals surface area contributed by atoms with E-state index in [4.69, 9.17) is 23.2 Å². The highest BCUT2D eigenvalue weighted by Gasteiger charge is 2.35. The molecule has 0 aliphatic rings. The molecule has 0 saturated heterocycles. The molecule has 0 aromatic heterocycles. The number of benzene rings is 4. The lowest BCUT2D eigenvalue weighted by atomic mass is 10.0. The zero-order valence-corrected chi connectivity index (χ0v) is 28.0. The molecule has 4 aromatic rings. The Labute approximate surface area is 275 Å². The van der Waals surface area contributed by atoms with Gasteiger partial charge >= 0.3 is 0 Å². The van der Waals surface area contributed by atoms with E-state index in [1.807, 2.05) is 57.2 Å². The highest BCUT2D eigenvalue weighted by molar-refractivity contribution is 7.92. The van der Waals surface area contributed by atoms with E-state index >= 15 is 0 Å². The van der Waals surface area contributed by atoms with Crippen LogP contribution in [0, 0.1) is 13.8 Å². The van der Waals surface area contributed by atoms with Crippen molar-refractivity contribution >= 4 is 50.7 Å². The summed E-state index contributed by atoms with van der Waals surface area (Å²) in [5.41, 5.74) is 3.41. The molecule has 10 heteroatoms. The van der Waals surface area contributed by atoms with Gasteiger partial charge in [0.25, 0.3) is 10.0 Å². The van der Waals surface area contributed by atoms with Crippen LogP contribution in [0.25, 0.3) is 0 Å². The normalized spacial score (nSPS) is 12.1. The Bertz CT molecular complexity index is 1750. The first-order valence-electron chi connectivity index (χ1n) is 14.6. The van der Waals surface area contributed by atoms with Gasteiger partial charge in [-0.05, 0) is 74.7 Å². The average Bonchev–Trinajstić information content (AvgIpc) is 2.99. The molecule has 0 heterocycles. The Morgan fingerprint density at radius 3 is 2.09 bits per heavy atom. The molecule has 0 radical (unpaired) electrons. The van der Waals surface area contributed by atoms with Crippen LogP contribution in [0.4, 0.5) is 5.69 Å². The standard InChI is InChI=1S/C35H37Cl2N3O4S/c1-24(2)38-35(42)33(20-27-11-7-5-8-12-27)39(22-28-16-17-29(36)21-31(28)37)34(41)23-40(32-18-15-25(3)19-26(32)4)45(43,44)30-13-9-6-10-14-30/h5-19,21,24,33H,20,22-23H2,1-4H3,(H,38,42)/t33-/m1/s1. The van der Waals surface area contributed by atoms with E-state index in [0.29, 0.717) is 26.9 Å². The third-order valence-corrected chi connectivity index (χ3v) is 9.65. The van der Waals surface area contributed by atoms with E-state index in [-0.39, 0.29) is 29.8 Å². The third kappa shape index (κ3) is 8.66. The first-order chi connectivity index (χ1) is 21.4. The first-order valence-corrected chi connectivity index (χ1v) is 16.8. The van der Waals surface area contributed by atoms with Crippen LogP contribution < -0.4 is 9.62 Å². The highest BCUT2D eigenvalue weighted by Crippen LogP contribution is 2.29. The second-order valence-electron chi connectivity index (χ2n) is 11.2. The Morgan fingerprint density at radius 1 is 0.844 bits per heavy atom. The summed E-state index contributed by atoms with van der Waals surface area (Å²) in [6.07, 6.45) is 0.200. The van der Waals surface area contributed by atoms with Crippen molar-refractivity contribution < 1.29 is 18.0 Å². The van der Waals surface area contributed by atoms with Gasteiger partial charge in [-0.15, -0.1) is 0 Å². The number of hydrogen-bond acceptors (Lipinski definition) is 4. The number of hydrogen-bond donors (Lipinski definition) is 1. The van der Waals surface area contributed by atoms with Gasteiger partial charge in [-0.3, -0.25) is 13.9 Å². The number of rotatable bonds is 12. The maximum absolute atomic E-state index is 14.6. The van der Waals surface area contributed by atoms with Crippen LogP contribution >= 0.6 is 23.2 Å². The van der Waals surface area contributed by atoms with Crippen LogP contribution in [-0.4, -0.2) is 43.8 Å². The Balaban J connectivity index is 1.84. The summed E-state index contributed by atoms with van der Waals surface area (Å²) in [6.45, 7) is 6.80. The van der Waals surface area contributed by atoms with Gasteiger partial charge in [0.1, 0.15) is 12.6 Å². The minimum Gasteiger partial charge on any atom is -0.352 e. The largest absolute Gasteiger partial charge is 0.352 e. The number of anilines is 1. The molecule has 0 fully saturated rings. The van der Waals surface area contributed by atoms with Crippen molar-refractivity contribution in [1.82, 2.24) is 10.2 Å². The van der Waals surface area contributed by atoms with Crippen molar-refractivity contribution in [1.29, 1.82) is 0 Å². The number of sulfonamides is 1. The van der Waals surface area contributed by atoms with Gasteiger partial charge in [-0.1, -0.05) is 95.5 Å². The minimum absolute atomic E-state index is 0.0449. The number of halogens is 2. The maximum Gasteiger partial charge on any atom is 0.264 e. The fraction of sp³-hybridized carbons (Fsp3) is 0.257. The predicted octanol–water partition coefficient (Wildman–Crippen LogP) is 6.97. The fourth-order valence-electron chi connectivity index (χ4n) is 5.09. The van der Waals surface area contributed by atoms with Crippen molar-refractivity contribution in [2.24, 2.45) is 0 Å². The molecule has 0 aliphatic carbocycles. The second-order valence-corrected chi connectivity index (χ2v) is 13.9. The van der Waals surface area contributed by atoms with Crippen LogP contribution in [0.3, 0.4) is 0 Å². The number of carbonyl (C=O) groups excluding carboxylic acids is 2. The van der Waals surface area contributed by atoms with Gasteiger partial charge in [-0.25, -0.2) is 8.42 Å². The third-order valence-electron chi connectivity index (χ3n) is 7.29. The van der Waals surface area contributed by atoms with Crippen LogP contribution in [0.5, 0.6) is 0 Å². The summed E-state index contributed by atoms with van der Waals surface area (Å²) in [6, 6.07) is 26.5. The van der Waals surface area contributed by atoms with Crippen molar-refractivity contribution in [2.75, 3.05) is 10.8 Å². The molecule has 236 valence electrons. The molecule has 0 aliphatic heterocycles. The number of amides is 2. The lowest BCUT2D eigenvalue weighted by molar-refractivity contribution is -0.140. The summed E-state index contributed by atoms with van der Waals surface area (Å²) in [4.78, 5) is 29.8. The SMILES string of the molecule is Cc1ccc(N(CC(=O)N(Cc2ccc(Cl)cc2Cl)[C@H](Cc2ccccc2)C(=O)NC(C)C)S(=O)(=O)c2ccccc2)c(C)c1. The second kappa shape index (κ2) is 15.0. The summed E-state index contributed by atoms with van der Waals surface area (Å²) >= 11 is 12.7. The summed E-state index contributed by atoms with van der Waals surface area (Å²) in [7, 11) is -4.19. The van der Waals surface area contributed by atoms with Gasteiger partial charge in [0.15, 0.2) is 0 Å². The van der Waals surface area contributed by atoms with Crippen molar-refractivity contribution in [2.45, 2.75) is 57.6 Å². The molecular formula is C35H37Cl2N3O4S. The molecule has 0 bridgehead atoms. The molecule has 2 amide bonds. The Kier molecular flexibility index (Phi) is 11.3. The van der Waals surface area contributed by atoms with Crippen molar-refractivity contribution in [3.05, 3.63) is 129 Å². The van der Waals surface area contributed by atoms with E-state index in [1.165, 1.54) is 17.0 Å². The molecule has 4 aromatic carbocycles. The zero-order valence-electron chi connectivity index (χ0n) is 25.7. The van der Waals surface area contributed by atoms with Gasteiger partial charge in [0, 0.05) is 29.1 Å². The molecule has 0 unspecified atom stereocenters. The monoisotopic (exact) mass is 665 g/mol. The molecule has 4 rings (SSSR count). The topological polar surface area (TPSA) is 86.8 Å². The molecule has 1 atom stereocenters. The van der Waals surface area contributed by atoms with Crippen LogP contribution in [0.2, 0.25) is 10.0 Å². The molecule has 1 N–H and O–H groups in total. The summed E-state index contributed by atoms with van der Waals surface area (Å²) in [5.74, 6) is -0.934. The first kappa shape index (κ1) is 34.0. The molecule has 0 saturated carbocycles. The highest BCUT2D eigenvalue weighted by atomic mass is 35.5. The quantitative estimate of drug-likeness (QED) is 0.177. The Morgan fingerprint density at radius 2 is 1.49 bits per heavy atom. The summed E-state index contributed by atoms with van der Waals surface area (Å²) in [5, 5.41) is 3.70. The van der Waals surface area contributed by atoms with E-state index in [0.717, 1.165) is 15.4 Å². The molecule has 0 spiro atoms. The van der Waals surface area contributed by atoms with Gasteiger partial charge in [0.05, 0.1) is 10.6 Å². The number of nitrogens with zero attached hydrogens (tertiary/aromatic N) is 2. The van der Waals surface area contributed by atoms with E-state index in [9.17, 15) is 18.0 Å². The zero-order chi connectivity index (χ0) is 32.7. The maximum atomic E-state index is 14.6. The van der Waals surface area contributed by atoms with E-state index < -0.39 is 28.5 Å². The van der Waals surface area contributed by atoms with Crippen LogP contribution in [0.1, 0.15) is 36.1 Å². The summed E-state index contributed by atoms with van der Waals surface area (Å²) < 4.78 is 29.4.